The highest BCUT2D eigenvalue weighted by Crippen LogP contribution is 2.43. The van der Waals surface area contributed by atoms with Crippen LogP contribution < -0.4 is 16.5 Å². The zero-order chi connectivity index (χ0) is 27.3. The second-order valence-electron chi connectivity index (χ2n) is 11.9. The Morgan fingerprint density at radius 3 is 2.51 bits per heavy atom. The number of imidazole rings is 1. The zero-order valence-corrected chi connectivity index (χ0v) is 22.3. The summed E-state index contributed by atoms with van der Waals surface area (Å²) >= 11 is 0. The molecule has 0 bridgehead atoms. The molecule has 0 radical (unpaired) electrons. The van der Waals surface area contributed by atoms with E-state index in [0.29, 0.717) is 62.5 Å². The number of hydrogen-bond acceptors (Lipinski definition) is 6. The quantitative estimate of drug-likeness (QED) is 0.534. The number of rotatable bonds is 6. The van der Waals surface area contributed by atoms with Crippen LogP contribution in [0.2, 0.25) is 0 Å². The Hall–Kier alpha value is -1.99. The number of pyridine rings is 1. The molecule has 5 heterocycles. The molecule has 216 valence electrons. The number of likely N-dealkylation sites (tertiary alicyclic amines) is 1. The number of aromatic nitrogens is 2. The molecule has 4 aliphatic rings. The van der Waals surface area contributed by atoms with Crippen molar-refractivity contribution in [3.63, 3.8) is 0 Å². The fourth-order valence-corrected chi connectivity index (χ4v) is 7.21. The number of hydrazine groups is 1. The maximum atomic E-state index is 14.2. The summed E-state index contributed by atoms with van der Waals surface area (Å²) in [6.07, 6.45) is 1.87. The van der Waals surface area contributed by atoms with E-state index >= 15 is 0 Å². The first-order valence-corrected chi connectivity index (χ1v) is 14.1. The number of fused-ring (bicyclic) bond motifs is 1. The van der Waals surface area contributed by atoms with Crippen molar-refractivity contribution in [1.82, 2.24) is 29.6 Å². The third-order valence-electron chi connectivity index (χ3n) is 9.33. The van der Waals surface area contributed by atoms with Gasteiger partial charge in [-0.3, -0.25) is 18.8 Å². The maximum Gasteiger partial charge on any atom is 0.418 e. The van der Waals surface area contributed by atoms with E-state index in [1.807, 2.05) is 4.90 Å². The van der Waals surface area contributed by atoms with E-state index in [-0.39, 0.29) is 24.3 Å². The van der Waals surface area contributed by atoms with Gasteiger partial charge in [0.05, 0.1) is 37.1 Å². The van der Waals surface area contributed by atoms with Crippen molar-refractivity contribution >= 4 is 5.52 Å². The molecule has 4 fully saturated rings. The summed E-state index contributed by atoms with van der Waals surface area (Å²) in [5.74, 6) is 1.06. The first kappa shape index (κ1) is 27.2. The first-order chi connectivity index (χ1) is 18.7. The minimum absolute atomic E-state index is 0.105. The van der Waals surface area contributed by atoms with E-state index in [1.54, 1.807) is 10.8 Å². The van der Waals surface area contributed by atoms with Gasteiger partial charge in [0.1, 0.15) is 6.17 Å². The Labute approximate surface area is 225 Å². The van der Waals surface area contributed by atoms with Gasteiger partial charge in [-0.1, -0.05) is 6.42 Å². The molecule has 2 aromatic heterocycles. The van der Waals surface area contributed by atoms with Crippen LogP contribution in [-0.4, -0.2) is 71.1 Å². The Balaban J connectivity index is 1.30. The fourth-order valence-electron chi connectivity index (χ4n) is 7.21. The second kappa shape index (κ2) is 10.8. The van der Waals surface area contributed by atoms with Gasteiger partial charge in [-0.25, -0.2) is 20.0 Å². The van der Waals surface area contributed by atoms with E-state index in [4.69, 9.17) is 4.74 Å². The van der Waals surface area contributed by atoms with Gasteiger partial charge in [0.2, 0.25) is 0 Å². The van der Waals surface area contributed by atoms with Crippen molar-refractivity contribution < 1.29 is 22.3 Å². The van der Waals surface area contributed by atoms with Crippen LogP contribution in [0.15, 0.2) is 23.3 Å². The molecule has 1 aliphatic carbocycles. The van der Waals surface area contributed by atoms with Gasteiger partial charge in [0.15, 0.2) is 0 Å². The Bertz CT molecular complexity index is 1220. The molecule has 3 aliphatic heterocycles. The standard InChI is InChI=1S/C27H38F4N6O2/c1-34-16-32-33-25(34)24(19-14-39-15-19)18-3-2-4-21(10-18)36-13-23-22(27(29,30)31)9-17(12-37(23)26(36)38)11-35-7-5-20(28)6-8-35/h9,12-13,18-21,24-25,32-33H,2-8,10-11,14-16H2,1H3/t18?,21?,24-,25?/m0/s1. The number of halogens is 4. The second-order valence-corrected chi connectivity index (χ2v) is 11.9. The number of alkyl halides is 4. The lowest BCUT2D eigenvalue weighted by Gasteiger charge is -2.45. The molecular weight excluding hydrogens is 516 g/mol. The van der Waals surface area contributed by atoms with Crippen LogP contribution in [0.4, 0.5) is 17.6 Å². The van der Waals surface area contributed by atoms with Crippen molar-refractivity contribution in [1.29, 1.82) is 0 Å². The molecular formula is C27H38F4N6O2. The van der Waals surface area contributed by atoms with Crippen LogP contribution in [0.25, 0.3) is 5.52 Å². The lowest BCUT2D eigenvalue weighted by Crippen LogP contribution is -2.53. The average Bonchev–Trinajstić information content (AvgIpc) is 3.44. The predicted molar refractivity (Wildman–Crippen MR) is 138 cm³/mol. The largest absolute Gasteiger partial charge is 0.418 e. The molecule has 4 atom stereocenters. The molecule has 3 unspecified atom stereocenters. The summed E-state index contributed by atoms with van der Waals surface area (Å²) in [5, 5.41) is 0. The van der Waals surface area contributed by atoms with E-state index < -0.39 is 23.6 Å². The molecule has 0 aromatic carbocycles. The molecule has 1 saturated carbocycles. The van der Waals surface area contributed by atoms with Crippen LogP contribution in [-0.2, 0) is 17.5 Å². The van der Waals surface area contributed by atoms with Crippen LogP contribution in [0.3, 0.4) is 0 Å². The molecule has 12 heteroatoms. The summed E-state index contributed by atoms with van der Waals surface area (Å²) < 4.78 is 64.4. The number of nitrogens with zero attached hydrogens (tertiary/aromatic N) is 4. The highest BCUT2D eigenvalue weighted by molar-refractivity contribution is 5.56. The molecule has 3 saturated heterocycles. The average molecular weight is 555 g/mol. The minimum Gasteiger partial charge on any atom is -0.381 e. The van der Waals surface area contributed by atoms with Gasteiger partial charge in [-0.15, -0.1) is 0 Å². The normalized spacial score (nSPS) is 29.2. The van der Waals surface area contributed by atoms with E-state index in [2.05, 4.69) is 22.8 Å². The Morgan fingerprint density at radius 1 is 1.10 bits per heavy atom. The van der Waals surface area contributed by atoms with Crippen molar-refractivity contribution in [2.45, 2.75) is 69.6 Å². The van der Waals surface area contributed by atoms with Crippen LogP contribution in [0.1, 0.15) is 55.7 Å². The number of nitrogens with one attached hydrogen (secondary N) is 2. The third-order valence-corrected chi connectivity index (χ3v) is 9.33. The van der Waals surface area contributed by atoms with E-state index in [1.165, 1.54) is 10.6 Å². The molecule has 6 rings (SSSR count). The molecule has 8 nitrogen and oxygen atoms in total. The molecule has 39 heavy (non-hydrogen) atoms. The highest BCUT2D eigenvalue weighted by atomic mass is 19.4. The Kier molecular flexibility index (Phi) is 7.51. The summed E-state index contributed by atoms with van der Waals surface area (Å²) in [5.41, 5.74) is 5.72. The predicted octanol–water partition coefficient (Wildman–Crippen LogP) is 3.37. The molecule has 2 aromatic rings. The third kappa shape index (κ3) is 5.38. The van der Waals surface area contributed by atoms with Crippen molar-refractivity contribution in [2.24, 2.45) is 17.8 Å². The number of hydrogen-bond donors (Lipinski definition) is 2. The van der Waals surface area contributed by atoms with Gasteiger partial charge >= 0.3 is 11.9 Å². The topological polar surface area (TPSA) is 66.2 Å². The van der Waals surface area contributed by atoms with Gasteiger partial charge in [0.25, 0.3) is 0 Å². The van der Waals surface area contributed by atoms with Gasteiger partial charge < -0.3 is 4.74 Å². The summed E-state index contributed by atoms with van der Waals surface area (Å²) in [7, 11) is 2.08. The summed E-state index contributed by atoms with van der Waals surface area (Å²) in [4.78, 5) is 17.8. The molecule has 0 amide bonds. The molecule has 2 N–H and O–H groups in total. The van der Waals surface area contributed by atoms with Crippen molar-refractivity contribution in [3.05, 3.63) is 40.1 Å². The van der Waals surface area contributed by atoms with Crippen LogP contribution in [0.5, 0.6) is 0 Å². The maximum absolute atomic E-state index is 14.2. The Morgan fingerprint density at radius 2 is 1.87 bits per heavy atom. The summed E-state index contributed by atoms with van der Waals surface area (Å²) in [6, 6.07) is 0.998. The minimum atomic E-state index is -4.60. The smallest absolute Gasteiger partial charge is 0.381 e. The zero-order valence-electron chi connectivity index (χ0n) is 22.3. The lowest BCUT2D eigenvalue weighted by molar-refractivity contribution is -0.136. The van der Waals surface area contributed by atoms with E-state index in [9.17, 15) is 22.4 Å². The molecule has 0 spiro atoms. The lowest BCUT2D eigenvalue weighted by atomic mass is 9.70. The number of ether oxygens (including phenoxy) is 1. The van der Waals surface area contributed by atoms with Crippen LogP contribution >= 0.6 is 0 Å². The van der Waals surface area contributed by atoms with Gasteiger partial charge in [-0.2, -0.15) is 13.2 Å². The monoisotopic (exact) mass is 554 g/mol. The SMILES string of the molecule is CN1CNNC1[C@H](C1COC1)C1CCCC(n2cc3c(C(F)(F)F)cc(CN4CCC(F)CC4)cn3c2=O)C1. The van der Waals surface area contributed by atoms with Crippen LogP contribution in [0, 0.1) is 17.8 Å². The van der Waals surface area contributed by atoms with Crippen molar-refractivity contribution in [2.75, 3.05) is 40.0 Å². The summed E-state index contributed by atoms with van der Waals surface area (Å²) in [6.45, 7) is 3.42. The first-order valence-electron chi connectivity index (χ1n) is 14.1. The van der Waals surface area contributed by atoms with Gasteiger partial charge in [-0.05, 0) is 62.6 Å². The number of piperidine rings is 1. The van der Waals surface area contributed by atoms with Gasteiger partial charge in [0, 0.05) is 44.0 Å². The van der Waals surface area contributed by atoms with E-state index in [0.717, 1.165) is 38.4 Å². The highest BCUT2D eigenvalue weighted by Gasteiger charge is 2.44. The fraction of sp³-hybridized carbons (Fsp3) is 0.741. The van der Waals surface area contributed by atoms with Crippen molar-refractivity contribution in [3.8, 4) is 0 Å².